The van der Waals surface area contributed by atoms with Gasteiger partial charge in [-0.05, 0) is 42.0 Å². The van der Waals surface area contributed by atoms with Gasteiger partial charge in [0, 0.05) is 35.5 Å². The molecule has 33 heavy (non-hydrogen) atoms. The molecule has 4 rings (SSSR count). The number of hydrogen-bond donors (Lipinski definition) is 2. The molecule has 0 heterocycles. The molecule has 0 saturated heterocycles. The van der Waals surface area contributed by atoms with Gasteiger partial charge in [-0.15, -0.1) is 23.2 Å². The van der Waals surface area contributed by atoms with Crippen LogP contribution >= 0.6 is 46.4 Å². The molecule has 172 valence electrons. The predicted octanol–water partition coefficient (Wildman–Crippen LogP) is 5.92. The van der Waals surface area contributed by atoms with Crippen molar-refractivity contribution in [3.63, 3.8) is 0 Å². The van der Waals surface area contributed by atoms with E-state index in [0.29, 0.717) is 16.1 Å². The van der Waals surface area contributed by atoms with Crippen LogP contribution in [-0.4, -0.2) is 28.1 Å². The van der Waals surface area contributed by atoms with Crippen molar-refractivity contribution in [3.05, 3.63) is 63.1 Å². The second-order valence-electron chi connectivity index (χ2n) is 8.13. The predicted molar refractivity (Wildman–Crippen MR) is 122 cm³/mol. The Morgan fingerprint density at radius 1 is 1.09 bits per heavy atom. The maximum Gasteiger partial charge on any atom is 0.253 e. The molecule has 5 nitrogen and oxygen atoms in total. The van der Waals surface area contributed by atoms with E-state index in [1.54, 1.807) is 12.1 Å². The van der Waals surface area contributed by atoms with E-state index in [0.717, 1.165) is 0 Å². The highest BCUT2D eigenvalue weighted by Crippen LogP contribution is 2.65. The Balaban J connectivity index is 1.48. The fourth-order valence-electron chi connectivity index (χ4n) is 3.95. The number of carbonyl (C=O) groups excluding carboxylic acids is 2. The molecule has 2 amide bonds. The van der Waals surface area contributed by atoms with Crippen LogP contribution in [0, 0.1) is 17.2 Å². The van der Waals surface area contributed by atoms with Crippen LogP contribution in [-0.2, 0) is 4.79 Å². The second-order valence-corrected chi connectivity index (χ2v) is 10.4. The minimum absolute atomic E-state index is 0.0357. The minimum atomic E-state index is -2.77. The van der Waals surface area contributed by atoms with Gasteiger partial charge in [-0.1, -0.05) is 23.2 Å². The van der Waals surface area contributed by atoms with Crippen molar-refractivity contribution < 1.29 is 18.4 Å². The lowest BCUT2D eigenvalue weighted by Gasteiger charge is -2.35. The molecule has 2 N–H and O–H groups in total. The van der Waals surface area contributed by atoms with Gasteiger partial charge in [-0.2, -0.15) is 5.26 Å². The summed E-state index contributed by atoms with van der Waals surface area (Å²) in [6, 6.07) is 10.2. The Bertz CT molecular complexity index is 1190. The van der Waals surface area contributed by atoms with E-state index in [1.165, 1.54) is 24.3 Å². The fraction of sp³-hybridized carbons (Fsp3) is 0.318. The number of rotatable bonds is 5. The van der Waals surface area contributed by atoms with E-state index in [2.05, 4.69) is 10.6 Å². The van der Waals surface area contributed by atoms with Gasteiger partial charge in [-0.3, -0.25) is 9.59 Å². The molecule has 2 aromatic carbocycles. The summed E-state index contributed by atoms with van der Waals surface area (Å²) in [5.41, 5.74) is 1.16. The van der Waals surface area contributed by atoms with E-state index in [-0.39, 0.29) is 16.3 Å². The largest absolute Gasteiger partial charge is 0.349 e. The second kappa shape index (κ2) is 8.59. The van der Waals surface area contributed by atoms with Gasteiger partial charge in [0.2, 0.25) is 5.91 Å². The molecule has 2 fully saturated rings. The van der Waals surface area contributed by atoms with Crippen molar-refractivity contribution in [2.24, 2.45) is 5.92 Å². The summed E-state index contributed by atoms with van der Waals surface area (Å²) in [5.74, 6) is -5.33. The van der Waals surface area contributed by atoms with E-state index < -0.39 is 52.8 Å². The van der Waals surface area contributed by atoms with Crippen LogP contribution in [0.1, 0.15) is 40.2 Å². The van der Waals surface area contributed by atoms with Gasteiger partial charge >= 0.3 is 0 Å². The van der Waals surface area contributed by atoms with Crippen LogP contribution in [0.25, 0.3) is 0 Å². The van der Waals surface area contributed by atoms with E-state index in [9.17, 15) is 18.4 Å². The van der Waals surface area contributed by atoms with E-state index in [4.69, 9.17) is 51.7 Å². The Hall–Kier alpha value is -2.11. The third kappa shape index (κ3) is 4.90. The Labute approximate surface area is 207 Å². The maximum absolute atomic E-state index is 13.0. The first kappa shape index (κ1) is 24.0. The lowest BCUT2D eigenvalue weighted by Crippen LogP contribution is -2.50. The number of nitrogens with one attached hydrogen (secondary N) is 2. The lowest BCUT2D eigenvalue weighted by atomic mass is 9.88. The summed E-state index contributed by atoms with van der Waals surface area (Å²) in [6.45, 7) is 0. The Kier molecular flexibility index (Phi) is 6.25. The molecule has 2 saturated carbocycles. The average molecular weight is 533 g/mol. The van der Waals surface area contributed by atoms with Crippen molar-refractivity contribution in [3.8, 4) is 6.07 Å². The molecule has 2 atom stereocenters. The molecule has 0 spiro atoms. The maximum atomic E-state index is 13.0. The Morgan fingerprint density at radius 2 is 1.79 bits per heavy atom. The van der Waals surface area contributed by atoms with Crippen molar-refractivity contribution in [2.45, 2.75) is 35.1 Å². The van der Waals surface area contributed by atoms with Crippen LogP contribution in [0.3, 0.4) is 0 Å². The van der Waals surface area contributed by atoms with Crippen molar-refractivity contribution in [1.82, 2.24) is 5.32 Å². The quantitative estimate of drug-likeness (QED) is 0.469. The van der Waals surface area contributed by atoms with Gasteiger partial charge in [0.15, 0.2) is 0 Å². The van der Waals surface area contributed by atoms with Gasteiger partial charge in [0.05, 0.1) is 28.1 Å². The number of benzene rings is 2. The molecular formula is C22H15Cl4F2N3O2. The smallest absolute Gasteiger partial charge is 0.253 e. The molecule has 0 unspecified atom stereocenters. The number of halogens is 6. The van der Waals surface area contributed by atoms with Crippen LogP contribution in [0.4, 0.5) is 14.5 Å². The third-order valence-electron chi connectivity index (χ3n) is 5.65. The van der Waals surface area contributed by atoms with Crippen molar-refractivity contribution in [1.29, 1.82) is 5.26 Å². The zero-order valence-corrected chi connectivity index (χ0v) is 19.7. The van der Waals surface area contributed by atoms with Gasteiger partial charge in [0.1, 0.15) is 4.33 Å². The lowest BCUT2D eigenvalue weighted by molar-refractivity contribution is -0.117. The standard InChI is InChI=1S/C22H15Cl4F2N3O2/c23-12-4-10(9-29)3-11(5-12)17-18(22(17,25)26)20(33)30-13-1-2-16(24)15(6-13)19(32)31-14-7-21(27,28)8-14/h1-6,14,17-18H,7-8H2,(H,30,33)(H,31,32)/t17-,18+/m1/s1. The fourth-order valence-corrected chi connectivity index (χ4v) is 5.22. The molecule has 0 aliphatic heterocycles. The molecule has 2 aliphatic rings. The van der Waals surface area contributed by atoms with Crippen molar-refractivity contribution >= 4 is 63.9 Å². The zero-order valence-electron chi connectivity index (χ0n) is 16.6. The normalized spacial score (nSPS) is 22.6. The molecule has 0 radical (unpaired) electrons. The zero-order chi connectivity index (χ0) is 24.1. The number of alkyl halides is 4. The van der Waals surface area contributed by atoms with Crippen LogP contribution in [0.15, 0.2) is 36.4 Å². The molecule has 11 heteroatoms. The number of hydrogen-bond acceptors (Lipinski definition) is 3. The number of carbonyl (C=O) groups is 2. The summed E-state index contributed by atoms with van der Waals surface area (Å²) in [5, 5.41) is 14.7. The first-order valence-electron chi connectivity index (χ1n) is 9.79. The summed E-state index contributed by atoms with van der Waals surface area (Å²) in [7, 11) is 0. The van der Waals surface area contributed by atoms with Crippen LogP contribution in [0.5, 0.6) is 0 Å². The summed E-state index contributed by atoms with van der Waals surface area (Å²) in [6.07, 6.45) is -0.860. The summed E-state index contributed by atoms with van der Waals surface area (Å²) >= 11 is 24.9. The minimum Gasteiger partial charge on any atom is -0.349 e. The van der Waals surface area contributed by atoms with Crippen LogP contribution < -0.4 is 10.6 Å². The number of nitriles is 1. The van der Waals surface area contributed by atoms with Crippen molar-refractivity contribution in [2.75, 3.05) is 5.32 Å². The molecular weight excluding hydrogens is 518 g/mol. The summed E-state index contributed by atoms with van der Waals surface area (Å²) in [4.78, 5) is 25.4. The molecule has 2 aliphatic carbocycles. The first-order chi connectivity index (χ1) is 15.4. The first-order valence-corrected chi connectivity index (χ1v) is 11.3. The van der Waals surface area contributed by atoms with Gasteiger partial charge in [-0.25, -0.2) is 8.78 Å². The third-order valence-corrected chi connectivity index (χ3v) is 7.14. The highest BCUT2D eigenvalue weighted by Gasteiger charge is 2.67. The summed E-state index contributed by atoms with van der Waals surface area (Å²) < 4.78 is 24.6. The Morgan fingerprint density at radius 3 is 2.42 bits per heavy atom. The monoisotopic (exact) mass is 531 g/mol. The number of anilines is 1. The highest BCUT2D eigenvalue weighted by molar-refractivity contribution is 6.53. The van der Waals surface area contributed by atoms with Gasteiger partial charge in [0.25, 0.3) is 11.8 Å². The van der Waals surface area contributed by atoms with Crippen LogP contribution in [0.2, 0.25) is 10.0 Å². The number of amides is 2. The SMILES string of the molecule is N#Cc1cc(Cl)cc([C@@H]2[C@@H](C(=O)Nc3ccc(Cl)c(C(=O)NC4CC(F)(F)C4)c3)C2(Cl)Cl)c1. The number of nitrogens with zero attached hydrogens (tertiary/aromatic N) is 1. The molecule has 0 aromatic heterocycles. The van der Waals surface area contributed by atoms with E-state index >= 15 is 0 Å². The molecule has 2 aromatic rings. The average Bonchev–Trinajstić information content (AvgIpc) is 3.29. The van der Waals surface area contributed by atoms with E-state index in [1.807, 2.05) is 6.07 Å². The topological polar surface area (TPSA) is 82.0 Å². The van der Waals surface area contributed by atoms with Gasteiger partial charge < -0.3 is 10.6 Å². The highest BCUT2D eigenvalue weighted by atomic mass is 35.5. The molecule has 0 bridgehead atoms.